The first-order chi connectivity index (χ1) is 19.0. The lowest BCUT2D eigenvalue weighted by Crippen LogP contribution is -2.41. The van der Waals surface area contributed by atoms with Crippen LogP contribution >= 0.6 is 0 Å². The van der Waals surface area contributed by atoms with E-state index in [0.29, 0.717) is 18.8 Å². The average Bonchev–Trinajstić information content (AvgIpc) is 3.29. The monoisotopic (exact) mass is 529 g/mol. The third kappa shape index (κ3) is 6.19. The van der Waals surface area contributed by atoms with Crippen LogP contribution in [-0.2, 0) is 16.6 Å². The molecule has 2 fully saturated rings. The Kier molecular flexibility index (Phi) is 8.66. The Hall–Kier alpha value is -3.19. The van der Waals surface area contributed by atoms with Crippen LogP contribution in [0.2, 0.25) is 0 Å². The number of anilines is 1. The van der Waals surface area contributed by atoms with Crippen molar-refractivity contribution in [1.29, 1.82) is 0 Å². The topological polar surface area (TPSA) is 70.5 Å². The van der Waals surface area contributed by atoms with Crippen LogP contribution in [0.3, 0.4) is 0 Å². The smallest absolute Gasteiger partial charge is 0.228 e. The van der Waals surface area contributed by atoms with Crippen LogP contribution in [0.4, 0.5) is 5.69 Å². The summed E-state index contributed by atoms with van der Waals surface area (Å²) in [6.07, 6.45) is 6.60. The second kappa shape index (κ2) is 12.3. The summed E-state index contributed by atoms with van der Waals surface area (Å²) in [7, 11) is 3.59. The van der Waals surface area contributed by atoms with Gasteiger partial charge >= 0.3 is 0 Å². The van der Waals surface area contributed by atoms with Gasteiger partial charge in [0.05, 0.1) is 17.1 Å². The van der Waals surface area contributed by atoms with Crippen LogP contribution in [0.1, 0.15) is 67.2 Å². The molecular formula is C32H43N5O2. The standard InChI is InChI=1S/C32H43N5O2/c1-23-6-4-7-27(20-23)37-17-11-24(12-18-37)22-36-15-13-25(14-16-36)26-9-10-28-30(21-26)35(3)34-31(28)29(8-5-19-38)32(39)33-2/h4,6-7,9-10,19-21,24-25,29H,5,8,11-18,22H2,1-3H3,(H,33,39). The maximum Gasteiger partial charge on any atom is 0.228 e. The largest absolute Gasteiger partial charge is 0.372 e. The number of fused-ring (bicyclic) bond motifs is 1. The maximum atomic E-state index is 12.6. The predicted octanol–water partition coefficient (Wildman–Crippen LogP) is 4.79. The molecule has 5 rings (SSSR count). The van der Waals surface area contributed by atoms with Crippen molar-refractivity contribution in [1.82, 2.24) is 20.0 Å². The third-order valence-corrected chi connectivity index (χ3v) is 8.93. The third-order valence-electron chi connectivity index (χ3n) is 8.93. The number of piperidine rings is 2. The molecule has 7 nitrogen and oxygen atoms in total. The highest BCUT2D eigenvalue weighted by atomic mass is 16.1. The van der Waals surface area contributed by atoms with Gasteiger partial charge in [0.2, 0.25) is 5.91 Å². The molecule has 7 heteroatoms. The normalized spacial score (nSPS) is 18.4. The van der Waals surface area contributed by atoms with Crippen LogP contribution in [0.15, 0.2) is 42.5 Å². The fraction of sp³-hybridized carbons (Fsp3) is 0.531. The molecule has 3 heterocycles. The lowest BCUT2D eigenvalue weighted by Gasteiger charge is -2.38. The minimum absolute atomic E-state index is 0.0888. The van der Waals surface area contributed by atoms with Gasteiger partial charge < -0.3 is 19.9 Å². The van der Waals surface area contributed by atoms with Gasteiger partial charge in [-0.2, -0.15) is 5.10 Å². The highest BCUT2D eigenvalue weighted by Crippen LogP contribution is 2.34. The number of hydrogen-bond acceptors (Lipinski definition) is 5. The van der Waals surface area contributed by atoms with Gasteiger partial charge in [-0.05, 0) is 93.3 Å². The van der Waals surface area contributed by atoms with Crippen molar-refractivity contribution >= 4 is 28.8 Å². The number of benzene rings is 2. The van der Waals surface area contributed by atoms with Gasteiger partial charge in [-0.1, -0.05) is 24.3 Å². The molecule has 208 valence electrons. The lowest BCUT2D eigenvalue weighted by atomic mass is 9.87. The van der Waals surface area contributed by atoms with Gasteiger partial charge in [0, 0.05) is 51.2 Å². The van der Waals surface area contributed by atoms with E-state index in [1.54, 1.807) is 7.05 Å². The van der Waals surface area contributed by atoms with Gasteiger partial charge in [0.25, 0.3) is 0 Å². The number of likely N-dealkylation sites (tertiary alicyclic amines) is 1. The molecule has 1 aromatic heterocycles. The highest BCUT2D eigenvalue weighted by molar-refractivity contribution is 5.91. The second-order valence-electron chi connectivity index (χ2n) is 11.5. The average molecular weight is 530 g/mol. The number of amides is 1. The summed E-state index contributed by atoms with van der Waals surface area (Å²) in [5.41, 5.74) is 5.90. The highest BCUT2D eigenvalue weighted by Gasteiger charge is 2.28. The van der Waals surface area contributed by atoms with Gasteiger partial charge in [-0.3, -0.25) is 9.48 Å². The SMILES string of the molecule is CNC(=O)C(CCC=O)c1nn(C)c2cc(C3CCN(CC4CCN(c5cccc(C)c5)CC4)CC3)ccc12. The first-order valence-corrected chi connectivity index (χ1v) is 14.6. The number of aldehydes is 1. The van der Waals surface area contributed by atoms with E-state index < -0.39 is 5.92 Å². The zero-order chi connectivity index (χ0) is 27.4. The fourth-order valence-corrected chi connectivity index (χ4v) is 6.63. The summed E-state index contributed by atoms with van der Waals surface area (Å²) in [6.45, 7) is 8.02. The maximum absolute atomic E-state index is 12.6. The molecule has 3 aromatic rings. The van der Waals surface area contributed by atoms with Crippen LogP contribution in [0.25, 0.3) is 10.9 Å². The summed E-state index contributed by atoms with van der Waals surface area (Å²) in [4.78, 5) is 28.8. The Morgan fingerprint density at radius 2 is 1.85 bits per heavy atom. The number of hydrogen-bond donors (Lipinski definition) is 1. The number of carbonyl (C=O) groups excluding carboxylic acids is 2. The molecule has 0 radical (unpaired) electrons. The van der Waals surface area contributed by atoms with Crippen LogP contribution < -0.4 is 10.2 Å². The van der Waals surface area contributed by atoms with Crippen molar-refractivity contribution in [3.63, 3.8) is 0 Å². The van der Waals surface area contributed by atoms with Crippen molar-refractivity contribution < 1.29 is 9.59 Å². The molecule has 39 heavy (non-hydrogen) atoms. The van der Waals surface area contributed by atoms with Crippen LogP contribution in [-0.4, -0.2) is 66.6 Å². The Labute approximate surface area is 232 Å². The molecule has 0 aliphatic carbocycles. The molecule has 0 spiro atoms. The summed E-state index contributed by atoms with van der Waals surface area (Å²) in [6, 6.07) is 15.5. The first kappa shape index (κ1) is 27.4. The Balaban J connectivity index is 1.17. The van der Waals surface area contributed by atoms with Crippen molar-refractivity contribution in [3.8, 4) is 0 Å². The molecule has 2 saturated heterocycles. The number of carbonyl (C=O) groups is 2. The number of nitrogens with one attached hydrogen (secondary N) is 1. The fourth-order valence-electron chi connectivity index (χ4n) is 6.63. The van der Waals surface area contributed by atoms with Gasteiger partial charge in [0.1, 0.15) is 6.29 Å². The van der Waals surface area contributed by atoms with Crippen molar-refractivity contribution in [2.24, 2.45) is 13.0 Å². The van der Waals surface area contributed by atoms with E-state index in [9.17, 15) is 9.59 Å². The summed E-state index contributed by atoms with van der Waals surface area (Å²) < 4.78 is 1.89. The number of aryl methyl sites for hydroxylation is 2. The molecule has 0 bridgehead atoms. The van der Waals surface area contributed by atoms with E-state index in [0.717, 1.165) is 55.0 Å². The molecular weight excluding hydrogens is 486 g/mol. The zero-order valence-electron chi connectivity index (χ0n) is 23.7. The first-order valence-electron chi connectivity index (χ1n) is 14.6. The van der Waals surface area contributed by atoms with E-state index in [4.69, 9.17) is 5.10 Å². The molecule has 0 saturated carbocycles. The van der Waals surface area contributed by atoms with E-state index >= 15 is 0 Å². The van der Waals surface area contributed by atoms with Crippen molar-refractivity contribution in [3.05, 3.63) is 59.3 Å². The summed E-state index contributed by atoms with van der Waals surface area (Å²) >= 11 is 0. The Bertz CT molecular complexity index is 1280. The van der Waals surface area contributed by atoms with Gasteiger partial charge in [0.15, 0.2) is 0 Å². The molecule has 1 atom stereocenters. The minimum atomic E-state index is -0.415. The molecule has 1 amide bonds. The van der Waals surface area contributed by atoms with Crippen LogP contribution in [0.5, 0.6) is 0 Å². The Morgan fingerprint density at radius 1 is 1.08 bits per heavy atom. The van der Waals surface area contributed by atoms with Crippen LogP contribution in [0, 0.1) is 12.8 Å². The molecule has 2 aliphatic rings. The molecule has 2 aromatic carbocycles. The quantitative estimate of drug-likeness (QED) is 0.404. The van der Waals surface area contributed by atoms with Crippen molar-refractivity contribution in [2.75, 3.05) is 44.7 Å². The Morgan fingerprint density at radius 3 is 2.54 bits per heavy atom. The summed E-state index contributed by atoms with van der Waals surface area (Å²) in [5.74, 6) is 0.840. The van der Waals surface area contributed by atoms with E-state index in [-0.39, 0.29) is 5.91 Å². The predicted molar refractivity (Wildman–Crippen MR) is 157 cm³/mol. The molecule has 1 unspecified atom stereocenters. The van der Waals surface area contributed by atoms with Gasteiger partial charge in [-0.25, -0.2) is 0 Å². The second-order valence-corrected chi connectivity index (χ2v) is 11.5. The van der Waals surface area contributed by atoms with E-state index in [2.05, 4.69) is 64.5 Å². The number of rotatable bonds is 9. The lowest BCUT2D eigenvalue weighted by molar-refractivity contribution is -0.122. The van der Waals surface area contributed by atoms with E-state index in [1.807, 2.05) is 11.7 Å². The summed E-state index contributed by atoms with van der Waals surface area (Å²) in [5, 5.41) is 8.49. The van der Waals surface area contributed by atoms with Crippen molar-refractivity contribution in [2.45, 2.75) is 57.3 Å². The number of nitrogens with zero attached hydrogens (tertiary/aromatic N) is 4. The number of likely N-dealkylation sites (N-methyl/N-ethyl adjacent to an activating group) is 1. The zero-order valence-corrected chi connectivity index (χ0v) is 23.7. The number of aromatic nitrogens is 2. The minimum Gasteiger partial charge on any atom is -0.372 e. The molecule has 1 N–H and O–H groups in total. The van der Waals surface area contributed by atoms with E-state index in [1.165, 1.54) is 49.0 Å². The molecule has 2 aliphatic heterocycles. The van der Waals surface area contributed by atoms with Gasteiger partial charge in [-0.15, -0.1) is 0 Å².